The molecular formula is C28H33N5O2. The van der Waals surface area contributed by atoms with E-state index >= 15 is 0 Å². The summed E-state index contributed by atoms with van der Waals surface area (Å²) in [6.07, 6.45) is 0.212. The zero-order valence-corrected chi connectivity index (χ0v) is 21.1. The minimum Gasteiger partial charge on any atom is -0.326 e. The summed E-state index contributed by atoms with van der Waals surface area (Å²) in [5.74, 6) is 0.412. The lowest BCUT2D eigenvalue weighted by Gasteiger charge is -2.22. The van der Waals surface area contributed by atoms with Gasteiger partial charge in [-0.05, 0) is 68.7 Å². The Morgan fingerprint density at radius 1 is 1.09 bits per heavy atom. The lowest BCUT2D eigenvalue weighted by atomic mass is 10.0. The Kier molecular flexibility index (Phi) is 7.15. The Morgan fingerprint density at radius 2 is 1.74 bits per heavy atom. The van der Waals surface area contributed by atoms with Gasteiger partial charge in [-0.15, -0.1) is 0 Å². The zero-order valence-electron chi connectivity index (χ0n) is 21.1. The molecule has 0 bridgehead atoms. The van der Waals surface area contributed by atoms with Gasteiger partial charge in [0.15, 0.2) is 0 Å². The van der Waals surface area contributed by atoms with Crippen LogP contribution < -0.4 is 15.1 Å². The van der Waals surface area contributed by atoms with Gasteiger partial charge in [0.2, 0.25) is 17.8 Å². The first kappa shape index (κ1) is 24.4. The molecule has 1 aliphatic heterocycles. The summed E-state index contributed by atoms with van der Waals surface area (Å²) in [5, 5.41) is 2.99. The van der Waals surface area contributed by atoms with Crippen molar-refractivity contribution in [3.8, 4) is 0 Å². The summed E-state index contributed by atoms with van der Waals surface area (Å²) >= 11 is 0. The van der Waals surface area contributed by atoms with Crippen molar-refractivity contribution >= 4 is 34.8 Å². The molecule has 0 saturated carbocycles. The predicted molar refractivity (Wildman–Crippen MR) is 140 cm³/mol. The van der Waals surface area contributed by atoms with E-state index in [0.29, 0.717) is 30.6 Å². The Morgan fingerprint density at radius 3 is 2.37 bits per heavy atom. The molecule has 2 amide bonds. The van der Waals surface area contributed by atoms with Gasteiger partial charge in [-0.1, -0.05) is 32.0 Å². The molecule has 2 aromatic carbocycles. The monoisotopic (exact) mass is 471 g/mol. The molecule has 7 nitrogen and oxygen atoms in total. The van der Waals surface area contributed by atoms with Crippen molar-refractivity contribution in [2.75, 3.05) is 28.2 Å². The third kappa shape index (κ3) is 5.34. The standard InChI is InChI=1S/C28H33N5O2/c1-6-32(28-29-19(4)15-20(5)30-28)23-13-11-22(12-14-23)31-27(35)21-16-26(34)33(17-21)25-10-8-7-9-24(25)18(2)3/h7-15,18,21H,6,16-17H2,1-5H3,(H,31,35). The topological polar surface area (TPSA) is 78.4 Å². The maximum atomic E-state index is 13.0. The van der Waals surface area contributed by atoms with Gasteiger partial charge >= 0.3 is 0 Å². The molecular weight excluding hydrogens is 438 g/mol. The van der Waals surface area contributed by atoms with Gasteiger partial charge in [0.05, 0.1) is 5.92 Å². The fraction of sp³-hybridized carbons (Fsp3) is 0.357. The normalized spacial score (nSPS) is 15.5. The van der Waals surface area contributed by atoms with Gasteiger partial charge in [0, 0.05) is 48.0 Å². The van der Waals surface area contributed by atoms with Crippen molar-refractivity contribution in [3.05, 3.63) is 71.5 Å². The van der Waals surface area contributed by atoms with E-state index in [0.717, 1.165) is 28.3 Å². The number of carbonyl (C=O) groups is 2. The second-order valence-electron chi connectivity index (χ2n) is 9.35. The maximum absolute atomic E-state index is 13.0. The van der Waals surface area contributed by atoms with Crippen LogP contribution in [0.4, 0.5) is 23.0 Å². The molecule has 35 heavy (non-hydrogen) atoms. The largest absolute Gasteiger partial charge is 0.326 e. The SMILES string of the molecule is CCN(c1ccc(NC(=O)C2CC(=O)N(c3ccccc3C(C)C)C2)cc1)c1nc(C)cc(C)n1. The summed E-state index contributed by atoms with van der Waals surface area (Å²) in [7, 11) is 0. The van der Waals surface area contributed by atoms with Crippen molar-refractivity contribution in [2.24, 2.45) is 5.92 Å². The minimum atomic E-state index is -0.391. The number of anilines is 4. The molecule has 7 heteroatoms. The second-order valence-corrected chi connectivity index (χ2v) is 9.35. The van der Waals surface area contributed by atoms with E-state index in [4.69, 9.17) is 0 Å². The van der Waals surface area contributed by atoms with Crippen LogP contribution in [0.2, 0.25) is 0 Å². The molecule has 1 fully saturated rings. The van der Waals surface area contributed by atoms with E-state index in [9.17, 15) is 9.59 Å². The number of nitrogens with one attached hydrogen (secondary N) is 1. The smallest absolute Gasteiger partial charge is 0.230 e. The van der Waals surface area contributed by atoms with Crippen LogP contribution in [0.1, 0.15) is 50.1 Å². The molecule has 4 rings (SSSR count). The molecule has 3 aromatic rings. The Bertz CT molecular complexity index is 1200. The lowest BCUT2D eigenvalue weighted by molar-refractivity contribution is -0.122. The van der Waals surface area contributed by atoms with Gasteiger partial charge < -0.3 is 15.1 Å². The summed E-state index contributed by atoms with van der Waals surface area (Å²) in [5.41, 5.74) is 5.51. The highest BCUT2D eigenvalue weighted by Crippen LogP contribution is 2.32. The molecule has 0 spiro atoms. The van der Waals surface area contributed by atoms with Crippen LogP contribution in [0.5, 0.6) is 0 Å². The average molecular weight is 472 g/mol. The number of aromatic nitrogens is 2. The van der Waals surface area contributed by atoms with Gasteiger partial charge in [0.25, 0.3) is 0 Å². The summed E-state index contributed by atoms with van der Waals surface area (Å²) in [4.78, 5) is 38.7. The number of benzene rings is 2. The Balaban J connectivity index is 1.45. The number of aryl methyl sites for hydroxylation is 2. The van der Waals surface area contributed by atoms with E-state index in [1.54, 1.807) is 4.90 Å². The van der Waals surface area contributed by atoms with Crippen LogP contribution >= 0.6 is 0 Å². The minimum absolute atomic E-state index is 0.0133. The molecule has 0 aliphatic carbocycles. The number of rotatable bonds is 7. The van der Waals surface area contributed by atoms with Crippen molar-refractivity contribution in [1.29, 1.82) is 0 Å². The predicted octanol–water partition coefficient (Wildman–Crippen LogP) is 5.37. The van der Waals surface area contributed by atoms with E-state index in [1.807, 2.05) is 73.3 Å². The number of hydrogen-bond donors (Lipinski definition) is 1. The van der Waals surface area contributed by atoms with Crippen molar-refractivity contribution in [2.45, 2.75) is 47.0 Å². The molecule has 0 radical (unpaired) electrons. The Labute approximate surface area is 207 Å². The van der Waals surface area contributed by atoms with E-state index in [1.165, 1.54) is 0 Å². The van der Waals surface area contributed by atoms with Crippen LogP contribution in [0.25, 0.3) is 0 Å². The number of nitrogens with zero attached hydrogens (tertiary/aromatic N) is 4. The highest BCUT2D eigenvalue weighted by atomic mass is 16.2. The highest BCUT2D eigenvalue weighted by Gasteiger charge is 2.36. The number of amides is 2. The van der Waals surface area contributed by atoms with Crippen LogP contribution in [0, 0.1) is 19.8 Å². The Hall–Kier alpha value is -3.74. The fourth-order valence-corrected chi connectivity index (χ4v) is 4.57. The first-order valence-electron chi connectivity index (χ1n) is 12.2. The molecule has 1 unspecified atom stereocenters. The van der Waals surface area contributed by atoms with Crippen LogP contribution in [-0.4, -0.2) is 34.9 Å². The zero-order chi connectivity index (χ0) is 25.1. The first-order chi connectivity index (χ1) is 16.8. The molecule has 1 aliphatic rings. The third-order valence-corrected chi connectivity index (χ3v) is 6.32. The molecule has 1 N–H and O–H groups in total. The second kappa shape index (κ2) is 10.3. The summed E-state index contributed by atoms with van der Waals surface area (Å²) in [6, 6.07) is 17.5. The van der Waals surface area contributed by atoms with Crippen LogP contribution in [0.15, 0.2) is 54.6 Å². The van der Waals surface area contributed by atoms with Gasteiger partial charge in [-0.25, -0.2) is 9.97 Å². The fourth-order valence-electron chi connectivity index (χ4n) is 4.57. The van der Waals surface area contributed by atoms with Gasteiger partial charge in [-0.2, -0.15) is 0 Å². The average Bonchev–Trinajstić information content (AvgIpc) is 3.21. The lowest BCUT2D eigenvalue weighted by Crippen LogP contribution is -2.29. The van der Waals surface area contributed by atoms with Crippen molar-refractivity contribution in [1.82, 2.24) is 9.97 Å². The molecule has 1 saturated heterocycles. The van der Waals surface area contributed by atoms with Crippen LogP contribution in [-0.2, 0) is 9.59 Å². The molecule has 1 aromatic heterocycles. The maximum Gasteiger partial charge on any atom is 0.230 e. The van der Waals surface area contributed by atoms with Gasteiger partial charge in [0.1, 0.15) is 0 Å². The number of carbonyl (C=O) groups excluding carboxylic acids is 2. The number of hydrogen-bond acceptors (Lipinski definition) is 5. The summed E-state index contributed by atoms with van der Waals surface area (Å²) < 4.78 is 0. The number of para-hydroxylation sites is 1. The van der Waals surface area contributed by atoms with Crippen LogP contribution in [0.3, 0.4) is 0 Å². The molecule has 1 atom stereocenters. The van der Waals surface area contributed by atoms with E-state index < -0.39 is 5.92 Å². The molecule has 182 valence electrons. The summed E-state index contributed by atoms with van der Waals surface area (Å²) in [6.45, 7) is 11.3. The first-order valence-corrected chi connectivity index (χ1v) is 12.2. The third-order valence-electron chi connectivity index (χ3n) is 6.32. The van der Waals surface area contributed by atoms with Gasteiger partial charge in [-0.3, -0.25) is 9.59 Å². The quantitative estimate of drug-likeness (QED) is 0.501. The van der Waals surface area contributed by atoms with Crippen molar-refractivity contribution < 1.29 is 9.59 Å². The highest BCUT2D eigenvalue weighted by molar-refractivity contribution is 6.04. The van der Waals surface area contributed by atoms with E-state index in [-0.39, 0.29) is 18.2 Å². The van der Waals surface area contributed by atoms with E-state index in [2.05, 4.69) is 36.1 Å². The molecule has 2 heterocycles. The van der Waals surface area contributed by atoms with Crippen molar-refractivity contribution in [3.63, 3.8) is 0 Å².